The van der Waals surface area contributed by atoms with E-state index in [1.54, 1.807) is 36.4 Å². The summed E-state index contributed by atoms with van der Waals surface area (Å²) in [4.78, 5) is 25.2. The maximum atomic E-state index is 12.8. The quantitative estimate of drug-likeness (QED) is 0.506. The summed E-state index contributed by atoms with van der Waals surface area (Å²) in [5.74, 6) is 0.592. The van der Waals surface area contributed by atoms with Gasteiger partial charge in [0.2, 0.25) is 0 Å². The number of fused-ring (bicyclic) bond motifs is 3. The van der Waals surface area contributed by atoms with E-state index in [-0.39, 0.29) is 17.7 Å². The minimum Gasteiger partial charge on any atom is -0.496 e. The monoisotopic (exact) mass is 382 g/mol. The number of hydrogen-bond donors (Lipinski definition) is 0. The van der Waals surface area contributed by atoms with Gasteiger partial charge in [-0.05, 0) is 18.2 Å². The SMILES string of the molecule is COc1cc(OC)c(C2CC(=O)Oc3c2c(=O)oc2ccccc32)cc1OC. The maximum absolute atomic E-state index is 12.8. The third kappa shape index (κ3) is 2.76. The molecule has 7 heteroatoms. The summed E-state index contributed by atoms with van der Waals surface area (Å²) in [6.07, 6.45) is -0.0258. The number of para-hydroxylation sites is 1. The fourth-order valence-corrected chi connectivity index (χ4v) is 3.56. The van der Waals surface area contributed by atoms with Crippen LogP contribution >= 0.6 is 0 Å². The number of benzene rings is 2. The van der Waals surface area contributed by atoms with Crippen LogP contribution in [-0.2, 0) is 4.79 Å². The molecule has 0 spiro atoms. The van der Waals surface area contributed by atoms with E-state index in [1.807, 2.05) is 0 Å². The molecule has 3 aromatic rings. The highest BCUT2D eigenvalue weighted by Gasteiger charge is 2.36. The number of esters is 1. The number of carbonyl (C=O) groups excluding carboxylic acids is 1. The van der Waals surface area contributed by atoms with E-state index in [2.05, 4.69) is 0 Å². The molecule has 0 amide bonds. The highest BCUT2D eigenvalue weighted by molar-refractivity contribution is 5.90. The van der Waals surface area contributed by atoms with Gasteiger partial charge in [-0.3, -0.25) is 4.79 Å². The largest absolute Gasteiger partial charge is 0.496 e. The highest BCUT2D eigenvalue weighted by Crippen LogP contribution is 2.46. The van der Waals surface area contributed by atoms with Crippen molar-refractivity contribution in [2.75, 3.05) is 21.3 Å². The van der Waals surface area contributed by atoms with Gasteiger partial charge >= 0.3 is 11.6 Å². The van der Waals surface area contributed by atoms with Gasteiger partial charge in [-0.1, -0.05) is 12.1 Å². The molecular formula is C21H18O7. The molecule has 0 saturated heterocycles. The molecular weight excluding hydrogens is 364 g/mol. The summed E-state index contributed by atoms with van der Waals surface area (Å²) >= 11 is 0. The molecule has 0 N–H and O–H groups in total. The van der Waals surface area contributed by atoms with Crippen molar-refractivity contribution in [2.45, 2.75) is 12.3 Å². The first kappa shape index (κ1) is 17.9. The van der Waals surface area contributed by atoms with Crippen molar-refractivity contribution in [1.29, 1.82) is 0 Å². The van der Waals surface area contributed by atoms with Gasteiger partial charge in [0.25, 0.3) is 0 Å². The molecule has 144 valence electrons. The smallest absolute Gasteiger partial charge is 0.343 e. The Bertz CT molecular complexity index is 1130. The molecule has 0 fully saturated rings. The van der Waals surface area contributed by atoms with Gasteiger partial charge in [-0.2, -0.15) is 0 Å². The second kappa shape index (κ2) is 6.92. The molecule has 0 radical (unpaired) electrons. The Hall–Kier alpha value is -3.48. The van der Waals surface area contributed by atoms with E-state index in [0.29, 0.717) is 33.8 Å². The summed E-state index contributed by atoms with van der Waals surface area (Å²) < 4.78 is 27.1. The zero-order valence-corrected chi connectivity index (χ0v) is 15.6. The van der Waals surface area contributed by atoms with Crippen LogP contribution in [0.1, 0.15) is 23.5 Å². The third-order valence-electron chi connectivity index (χ3n) is 4.85. The van der Waals surface area contributed by atoms with Gasteiger partial charge in [0.15, 0.2) is 17.2 Å². The van der Waals surface area contributed by atoms with E-state index in [0.717, 1.165) is 0 Å². The summed E-state index contributed by atoms with van der Waals surface area (Å²) in [5, 5.41) is 0.564. The molecule has 0 aliphatic carbocycles. The van der Waals surface area contributed by atoms with E-state index in [9.17, 15) is 9.59 Å². The Kier molecular flexibility index (Phi) is 4.43. The lowest BCUT2D eigenvalue weighted by molar-refractivity contribution is -0.135. The van der Waals surface area contributed by atoms with Crippen molar-refractivity contribution in [3.8, 4) is 23.0 Å². The lowest BCUT2D eigenvalue weighted by atomic mass is 9.86. The average molecular weight is 382 g/mol. The average Bonchev–Trinajstić information content (AvgIpc) is 2.72. The summed E-state index contributed by atoms with van der Waals surface area (Å²) in [6, 6.07) is 10.3. The molecule has 7 nitrogen and oxygen atoms in total. The van der Waals surface area contributed by atoms with E-state index >= 15 is 0 Å². The van der Waals surface area contributed by atoms with E-state index < -0.39 is 17.5 Å². The predicted molar refractivity (Wildman–Crippen MR) is 101 cm³/mol. The Morgan fingerprint density at radius 1 is 0.929 bits per heavy atom. The Morgan fingerprint density at radius 3 is 2.32 bits per heavy atom. The molecule has 1 aliphatic rings. The third-order valence-corrected chi connectivity index (χ3v) is 4.85. The molecule has 4 rings (SSSR count). The molecule has 0 saturated carbocycles. The zero-order chi connectivity index (χ0) is 19.8. The Labute approximate surface area is 160 Å². The summed E-state index contributed by atoms with van der Waals surface area (Å²) in [7, 11) is 4.54. The molecule has 1 aromatic heterocycles. The lowest BCUT2D eigenvalue weighted by Gasteiger charge is -2.26. The Balaban J connectivity index is 2.00. The second-order valence-electron chi connectivity index (χ2n) is 6.31. The fourth-order valence-electron chi connectivity index (χ4n) is 3.56. The topological polar surface area (TPSA) is 84.2 Å². The Morgan fingerprint density at radius 2 is 1.61 bits per heavy atom. The van der Waals surface area contributed by atoms with Crippen molar-refractivity contribution in [3.05, 3.63) is 57.9 Å². The van der Waals surface area contributed by atoms with Gasteiger partial charge in [-0.15, -0.1) is 0 Å². The molecule has 1 atom stereocenters. The van der Waals surface area contributed by atoms with Crippen molar-refractivity contribution in [2.24, 2.45) is 0 Å². The molecule has 28 heavy (non-hydrogen) atoms. The van der Waals surface area contributed by atoms with Crippen molar-refractivity contribution < 1.29 is 28.2 Å². The van der Waals surface area contributed by atoms with Crippen LogP contribution in [-0.4, -0.2) is 27.3 Å². The molecule has 2 heterocycles. The number of carbonyl (C=O) groups is 1. The first-order valence-electron chi connectivity index (χ1n) is 8.63. The number of methoxy groups -OCH3 is 3. The number of hydrogen-bond acceptors (Lipinski definition) is 7. The van der Waals surface area contributed by atoms with E-state index in [4.69, 9.17) is 23.4 Å². The van der Waals surface area contributed by atoms with Crippen molar-refractivity contribution in [1.82, 2.24) is 0 Å². The van der Waals surface area contributed by atoms with E-state index in [1.165, 1.54) is 21.3 Å². The molecule has 1 aliphatic heterocycles. The first-order chi connectivity index (χ1) is 13.6. The molecule has 1 unspecified atom stereocenters. The van der Waals surface area contributed by atoms with Crippen LogP contribution < -0.4 is 24.6 Å². The minimum absolute atomic E-state index is 0.0258. The maximum Gasteiger partial charge on any atom is 0.343 e. The van der Waals surface area contributed by atoms with Crippen LogP contribution in [0.3, 0.4) is 0 Å². The fraction of sp³-hybridized carbons (Fsp3) is 0.238. The number of ether oxygens (including phenoxy) is 4. The first-order valence-corrected chi connectivity index (χ1v) is 8.63. The van der Waals surface area contributed by atoms with Gasteiger partial charge in [-0.25, -0.2) is 4.79 Å². The van der Waals surface area contributed by atoms with Crippen LogP contribution in [0.4, 0.5) is 0 Å². The van der Waals surface area contributed by atoms with Crippen molar-refractivity contribution >= 4 is 16.9 Å². The molecule has 2 aromatic carbocycles. The predicted octanol–water partition coefficient (Wildman–Crippen LogP) is 3.26. The highest BCUT2D eigenvalue weighted by atomic mass is 16.5. The van der Waals surface area contributed by atoms with Crippen LogP contribution in [0, 0.1) is 0 Å². The zero-order valence-electron chi connectivity index (χ0n) is 15.6. The van der Waals surface area contributed by atoms with Crippen LogP contribution in [0.15, 0.2) is 45.6 Å². The van der Waals surface area contributed by atoms with Gasteiger partial charge in [0.1, 0.15) is 11.3 Å². The van der Waals surface area contributed by atoms with Gasteiger partial charge < -0.3 is 23.4 Å². The lowest BCUT2D eigenvalue weighted by Crippen LogP contribution is -2.27. The van der Waals surface area contributed by atoms with Gasteiger partial charge in [0, 0.05) is 17.5 Å². The molecule has 0 bridgehead atoms. The minimum atomic E-state index is -0.605. The second-order valence-corrected chi connectivity index (χ2v) is 6.31. The van der Waals surface area contributed by atoms with Crippen LogP contribution in [0.25, 0.3) is 11.0 Å². The normalized spacial score (nSPS) is 15.7. The van der Waals surface area contributed by atoms with Crippen molar-refractivity contribution in [3.63, 3.8) is 0 Å². The number of rotatable bonds is 4. The summed E-state index contributed by atoms with van der Waals surface area (Å²) in [6.45, 7) is 0. The van der Waals surface area contributed by atoms with Crippen LogP contribution in [0.2, 0.25) is 0 Å². The summed E-state index contributed by atoms with van der Waals surface area (Å²) in [5.41, 5.74) is 0.700. The van der Waals surface area contributed by atoms with Gasteiger partial charge in [0.05, 0.1) is 38.7 Å². The standard InChI is InChI=1S/C21H18O7/c1-24-15-10-17(26-3)16(25-2)8-12(15)13-9-18(22)28-20-11-6-4-5-7-14(11)27-21(23)19(13)20/h4-8,10,13H,9H2,1-3H3. The van der Waals surface area contributed by atoms with Crippen LogP contribution in [0.5, 0.6) is 23.0 Å².